The minimum absolute atomic E-state index is 0.462. The molecule has 2 aromatic heterocycles. The van der Waals surface area contributed by atoms with Gasteiger partial charge in [0.1, 0.15) is 17.4 Å². The molecule has 6 nitrogen and oxygen atoms in total. The summed E-state index contributed by atoms with van der Waals surface area (Å²) in [6.07, 6.45) is 0.858. The lowest BCUT2D eigenvalue weighted by Gasteiger charge is -2.10. The SMILES string of the molecule is COCCCn1c(SCc2csc(COc3ccccc3)n2)nnc1-c1ccccc1Cl. The summed E-state index contributed by atoms with van der Waals surface area (Å²) in [4.78, 5) is 4.70. The van der Waals surface area contributed by atoms with Crippen LogP contribution in [-0.2, 0) is 23.6 Å². The maximum absolute atomic E-state index is 6.42. The number of nitrogens with zero attached hydrogens (tertiary/aromatic N) is 4. The normalized spacial score (nSPS) is 11.1. The molecule has 4 aromatic rings. The molecule has 2 heterocycles. The number of aromatic nitrogens is 4. The Labute approximate surface area is 200 Å². The third-order valence-corrected chi connectivity index (χ3v) is 6.82. The van der Waals surface area contributed by atoms with E-state index >= 15 is 0 Å². The number of methoxy groups -OCH3 is 1. The summed E-state index contributed by atoms with van der Waals surface area (Å²) < 4.78 is 13.1. The number of hydrogen-bond donors (Lipinski definition) is 0. The molecule has 0 atom stereocenters. The number of thioether (sulfide) groups is 1. The number of halogens is 1. The van der Waals surface area contributed by atoms with Crippen molar-refractivity contribution in [1.29, 1.82) is 0 Å². The first-order chi connectivity index (χ1) is 15.7. The van der Waals surface area contributed by atoms with Gasteiger partial charge in [-0.15, -0.1) is 21.5 Å². The molecule has 0 aliphatic heterocycles. The van der Waals surface area contributed by atoms with Crippen molar-refractivity contribution < 1.29 is 9.47 Å². The fourth-order valence-corrected chi connectivity index (χ4v) is 4.98. The third kappa shape index (κ3) is 5.89. The van der Waals surface area contributed by atoms with Gasteiger partial charge in [-0.05, 0) is 30.7 Å². The first-order valence-corrected chi connectivity index (χ1v) is 12.4. The highest BCUT2D eigenvalue weighted by Gasteiger charge is 2.17. The van der Waals surface area contributed by atoms with Crippen LogP contribution < -0.4 is 4.74 Å². The number of ether oxygens (including phenoxy) is 2. The van der Waals surface area contributed by atoms with Gasteiger partial charge in [-0.2, -0.15) is 0 Å². The van der Waals surface area contributed by atoms with Gasteiger partial charge in [-0.3, -0.25) is 0 Å². The van der Waals surface area contributed by atoms with Gasteiger partial charge < -0.3 is 14.0 Å². The summed E-state index contributed by atoms with van der Waals surface area (Å²) in [5, 5.41) is 13.4. The van der Waals surface area contributed by atoms with E-state index in [0.717, 1.165) is 46.0 Å². The third-order valence-electron chi connectivity index (χ3n) is 4.62. The van der Waals surface area contributed by atoms with Crippen molar-refractivity contribution >= 4 is 34.7 Å². The molecule has 0 unspecified atom stereocenters. The Morgan fingerprint density at radius 1 is 1.06 bits per heavy atom. The number of rotatable bonds is 11. The average molecular weight is 487 g/mol. The summed E-state index contributed by atoms with van der Waals surface area (Å²) in [6.45, 7) is 1.88. The fourth-order valence-electron chi connectivity index (χ4n) is 3.09. The van der Waals surface area contributed by atoms with Crippen LogP contribution in [0.5, 0.6) is 5.75 Å². The van der Waals surface area contributed by atoms with Gasteiger partial charge in [0.15, 0.2) is 11.0 Å². The number of thiazole rings is 1. The predicted molar refractivity (Wildman–Crippen MR) is 129 cm³/mol. The predicted octanol–water partition coefficient (Wildman–Crippen LogP) is 5.96. The molecule has 0 aliphatic rings. The molecule has 0 saturated heterocycles. The monoisotopic (exact) mass is 486 g/mol. The quantitative estimate of drug-likeness (QED) is 0.192. The van der Waals surface area contributed by atoms with Gasteiger partial charge in [-0.1, -0.05) is 53.7 Å². The van der Waals surface area contributed by atoms with E-state index in [2.05, 4.69) is 20.1 Å². The van der Waals surface area contributed by atoms with Crippen LogP contribution in [0, 0.1) is 0 Å². The molecular formula is C23H23ClN4O2S2. The van der Waals surface area contributed by atoms with E-state index in [0.29, 0.717) is 24.0 Å². The number of benzene rings is 2. The number of hydrogen-bond acceptors (Lipinski definition) is 7. The van der Waals surface area contributed by atoms with Gasteiger partial charge >= 0.3 is 0 Å². The average Bonchev–Trinajstić information content (AvgIpc) is 3.44. The maximum atomic E-state index is 6.42. The lowest BCUT2D eigenvalue weighted by atomic mass is 10.2. The Balaban J connectivity index is 1.43. The second-order valence-corrected chi connectivity index (χ2v) is 9.20. The van der Waals surface area contributed by atoms with E-state index in [9.17, 15) is 0 Å². The zero-order valence-electron chi connectivity index (χ0n) is 17.6. The van der Waals surface area contributed by atoms with Crippen LogP contribution >= 0.6 is 34.7 Å². The molecule has 2 aromatic carbocycles. The Morgan fingerprint density at radius 2 is 1.88 bits per heavy atom. The van der Waals surface area contributed by atoms with Gasteiger partial charge in [0, 0.05) is 37.0 Å². The minimum Gasteiger partial charge on any atom is -0.486 e. The second kappa shape index (κ2) is 11.5. The summed E-state index contributed by atoms with van der Waals surface area (Å²) in [5.74, 6) is 2.31. The second-order valence-electron chi connectivity index (χ2n) is 6.91. The molecule has 0 fully saturated rings. The Hall–Kier alpha value is -2.39. The lowest BCUT2D eigenvalue weighted by molar-refractivity contribution is 0.189. The Bertz CT molecular complexity index is 1130. The smallest absolute Gasteiger partial charge is 0.191 e. The van der Waals surface area contributed by atoms with Crippen LogP contribution in [0.2, 0.25) is 5.02 Å². The zero-order chi connectivity index (χ0) is 22.2. The van der Waals surface area contributed by atoms with E-state index in [1.807, 2.05) is 54.6 Å². The van der Waals surface area contributed by atoms with Crippen LogP contribution in [0.15, 0.2) is 65.1 Å². The first kappa shape index (κ1) is 22.8. The largest absolute Gasteiger partial charge is 0.486 e. The van der Waals surface area contributed by atoms with Crippen LogP contribution in [0.25, 0.3) is 11.4 Å². The van der Waals surface area contributed by atoms with Crippen molar-refractivity contribution in [2.45, 2.75) is 30.5 Å². The van der Waals surface area contributed by atoms with E-state index in [1.54, 1.807) is 30.2 Å². The maximum Gasteiger partial charge on any atom is 0.191 e. The number of para-hydroxylation sites is 1. The molecule has 0 spiro atoms. The van der Waals surface area contributed by atoms with Gasteiger partial charge in [0.05, 0.1) is 10.7 Å². The molecule has 0 amide bonds. The van der Waals surface area contributed by atoms with Gasteiger partial charge in [0.2, 0.25) is 0 Å². The molecule has 9 heteroatoms. The van der Waals surface area contributed by atoms with E-state index in [1.165, 1.54) is 0 Å². The molecule has 0 bridgehead atoms. The van der Waals surface area contributed by atoms with Crippen molar-refractivity contribution in [3.05, 3.63) is 75.7 Å². The highest BCUT2D eigenvalue weighted by atomic mass is 35.5. The summed E-state index contributed by atoms with van der Waals surface area (Å²) in [5.41, 5.74) is 1.87. The highest BCUT2D eigenvalue weighted by molar-refractivity contribution is 7.98. The Kier molecular flexibility index (Phi) is 8.17. The highest BCUT2D eigenvalue weighted by Crippen LogP contribution is 2.31. The zero-order valence-corrected chi connectivity index (χ0v) is 20.0. The van der Waals surface area contributed by atoms with Gasteiger partial charge in [-0.25, -0.2) is 4.98 Å². The van der Waals surface area contributed by atoms with Crippen molar-refractivity contribution in [2.24, 2.45) is 0 Å². The molecule has 0 N–H and O–H groups in total. The molecule has 0 aliphatic carbocycles. The molecule has 32 heavy (non-hydrogen) atoms. The topological polar surface area (TPSA) is 62.1 Å². The van der Waals surface area contributed by atoms with E-state index in [-0.39, 0.29) is 0 Å². The minimum atomic E-state index is 0.462. The molecular weight excluding hydrogens is 464 g/mol. The first-order valence-electron chi connectivity index (χ1n) is 10.2. The summed E-state index contributed by atoms with van der Waals surface area (Å²) in [6, 6.07) is 17.5. The lowest BCUT2D eigenvalue weighted by Crippen LogP contribution is -2.05. The van der Waals surface area contributed by atoms with Crippen LogP contribution in [0.4, 0.5) is 0 Å². The van der Waals surface area contributed by atoms with Crippen LogP contribution in [0.1, 0.15) is 17.1 Å². The molecule has 0 saturated carbocycles. The van der Waals surface area contributed by atoms with Crippen LogP contribution in [0.3, 0.4) is 0 Å². The standard InChI is InChI=1S/C23H23ClN4O2S2/c1-29-13-7-12-28-22(19-10-5-6-11-20(19)24)26-27-23(28)32-16-17-15-31-21(25-17)14-30-18-8-3-2-4-9-18/h2-6,8-11,15H,7,12-14,16H2,1H3. The molecule has 4 rings (SSSR count). The van der Waals surface area contributed by atoms with Crippen molar-refractivity contribution in [3.63, 3.8) is 0 Å². The Morgan fingerprint density at radius 3 is 2.69 bits per heavy atom. The molecule has 166 valence electrons. The van der Waals surface area contributed by atoms with Gasteiger partial charge in [0.25, 0.3) is 0 Å². The van der Waals surface area contributed by atoms with Crippen molar-refractivity contribution in [2.75, 3.05) is 13.7 Å². The van der Waals surface area contributed by atoms with Crippen molar-refractivity contribution in [3.8, 4) is 17.1 Å². The summed E-state index contributed by atoms with van der Waals surface area (Å²) in [7, 11) is 1.71. The fraction of sp³-hybridized carbons (Fsp3) is 0.261. The summed E-state index contributed by atoms with van der Waals surface area (Å²) >= 11 is 9.64. The molecule has 0 radical (unpaired) electrons. The van der Waals surface area contributed by atoms with Crippen molar-refractivity contribution in [1.82, 2.24) is 19.7 Å². The van der Waals surface area contributed by atoms with Crippen LogP contribution in [-0.4, -0.2) is 33.5 Å². The van der Waals surface area contributed by atoms with E-state index in [4.69, 9.17) is 26.1 Å². The van der Waals surface area contributed by atoms with E-state index < -0.39 is 0 Å².